The third-order valence-corrected chi connectivity index (χ3v) is 12.0. The molecule has 73 heavy (non-hydrogen) atoms. The van der Waals surface area contributed by atoms with Crippen LogP contribution in [0.5, 0.6) is 0 Å². The largest absolute Gasteiger partial charge is 0.480 e. The highest BCUT2D eigenvalue weighted by Gasteiger charge is 2.38. The molecule has 8 amide bonds. The van der Waals surface area contributed by atoms with E-state index in [0.29, 0.717) is 29.1 Å². The summed E-state index contributed by atoms with van der Waals surface area (Å²) in [6.07, 6.45) is 4.12. The number of carboxylic acid groups (broad SMARTS) is 1. The number of aliphatic carboxylic acids is 1. The summed E-state index contributed by atoms with van der Waals surface area (Å²) in [5, 5.41) is 32.5. The number of hydrogen-bond acceptors (Lipinski definition) is 11. The molecule has 2 heterocycles. The van der Waals surface area contributed by atoms with Crippen molar-refractivity contribution < 1.29 is 62.1 Å². The molecule has 2 aromatic carbocycles. The van der Waals surface area contributed by atoms with Gasteiger partial charge in [0.05, 0.1) is 12.1 Å². The fourth-order valence-electron chi connectivity index (χ4n) is 8.14. The molecular formula is C51H67F2N9O11. The average Bonchev–Trinajstić information content (AvgIpc) is 3.88. The van der Waals surface area contributed by atoms with Gasteiger partial charge in [0.2, 0.25) is 35.4 Å². The molecule has 1 aliphatic heterocycles. The molecule has 3 aromatic rings. The van der Waals surface area contributed by atoms with Crippen molar-refractivity contribution in [3.63, 3.8) is 0 Å². The summed E-state index contributed by atoms with van der Waals surface area (Å²) in [6, 6.07) is 8.66. The highest BCUT2D eigenvalue weighted by molar-refractivity contribution is 6.14. The topological polar surface area (TPSA) is 292 Å². The number of nitrogens with two attached hydrogens (primary N) is 1. The molecule has 396 valence electrons. The number of aromatic nitrogens is 1. The van der Waals surface area contributed by atoms with Crippen molar-refractivity contribution >= 4 is 53.2 Å². The SMILES string of the molecule is CC(NC(=O)C(NC(=O)CN1C(=O)C=CC1=O)C(C)C)C(=O)NC(CCCCNC(=O)CCNC(=O)C(N)CCN(C(=O)CO)C(c1cc(-c2cc(F)ccc2F)cn1Cc1ccccc1)C(C)(C)C)C(=O)O. The van der Waals surface area contributed by atoms with Gasteiger partial charge in [-0.3, -0.25) is 43.3 Å². The number of rotatable bonds is 27. The number of carboxylic acids is 1. The van der Waals surface area contributed by atoms with Gasteiger partial charge in [-0.25, -0.2) is 13.6 Å². The molecule has 5 atom stereocenters. The minimum Gasteiger partial charge on any atom is -0.480 e. The lowest BCUT2D eigenvalue weighted by molar-refractivity contribution is -0.142. The third-order valence-electron chi connectivity index (χ3n) is 12.0. The number of nitrogens with one attached hydrogen (secondary N) is 5. The first-order chi connectivity index (χ1) is 34.4. The number of carbonyl (C=O) groups is 9. The first kappa shape index (κ1) is 58.2. The molecule has 0 saturated carbocycles. The number of amides is 8. The predicted octanol–water partition coefficient (Wildman–Crippen LogP) is 2.04. The molecule has 22 heteroatoms. The van der Waals surface area contributed by atoms with Crippen LogP contribution in [-0.4, -0.2) is 135 Å². The van der Waals surface area contributed by atoms with Crippen molar-refractivity contribution in [2.24, 2.45) is 17.1 Å². The van der Waals surface area contributed by atoms with Gasteiger partial charge in [-0.05, 0) is 73.8 Å². The van der Waals surface area contributed by atoms with E-state index < -0.39 is 120 Å². The van der Waals surface area contributed by atoms with E-state index in [4.69, 9.17) is 5.73 Å². The maximum absolute atomic E-state index is 15.1. The molecular weight excluding hydrogens is 953 g/mol. The fourth-order valence-corrected chi connectivity index (χ4v) is 8.14. The number of carbonyl (C=O) groups excluding carboxylic acids is 8. The third kappa shape index (κ3) is 17.2. The molecule has 0 radical (unpaired) electrons. The molecule has 0 saturated heterocycles. The highest BCUT2D eigenvalue weighted by Crippen LogP contribution is 2.41. The van der Waals surface area contributed by atoms with Crippen molar-refractivity contribution in [1.29, 1.82) is 0 Å². The normalized spacial score (nSPS) is 14.5. The number of imide groups is 1. The van der Waals surface area contributed by atoms with E-state index in [-0.39, 0.29) is 50.9 Å². The van der Waals surface area contributed by atoms with Crippen LogP contribution in [0.1, 0.15) is 90.9 Å². The Hall–Kier alpha value is -7.33. The Morgan fingerprint density at radius 1 is 0.795 bits per heavy atom. The molecule has 20 nitrogen and oxygen atoms in total. The van der Waals surface area contributed by atoms with Crippen LogP contribution in [0.4, 0.5) is 8.78 Å². The number of aliphatic hydroxyl groups is 1. The summed E-state index contributed by atoms with van der Waals surface area (Å²) in [7, 11) is 0. The molecule has 0 fully saturated rings. The average molecular weight is 1020 g/mol. The van der Waals surface area contributed by atoms with Crippen LogP contribution in [0.2, 0.25) is 0 Å². The molecule has 9 N–H and O–H groups in total. The first-order valence-corrected chi connectivity index (χ1v) is 24.0. The van der Waals surface area contributed by atoms with Gasteiger partial charge in [-0.1, -0.05) is 65.0 Å². The quantitative estimate of drug-likeness (QED) is 0.0402. The van der Waals surface area contributed by atoms with E-state index in [2.05, 4.69) is 26.6 Å². The standard InChI is InChI=1S/C51H67F2N9O11/c1-30(2)45(59-41(65)28-62-42(66)17-18-43(62)67)49(71)57-31(3)47(69)58-38(50(72)73)14-10-11-21-55-40(64)19-22-56-48(70)37(54)20-23-61(44(68)29-63)46(51(4,5)6)39-24-33(35-25-34(52)15-16-36(35)53)27-60(39)26-32-12-8-7-9-13-32/h7-9,12-13,15-18,24-25,27,30-31,37-38,45-46,63H,10-11,14,19-23,26,28-29,54H2,1-6H3,(H,55,64)(H,56,70)(H,57,71)(H,58,69)(H,59,65)(H,72,73). The van der Waals surface area contributed by atoms with E-state index in [1.807, 2.05) is 55.7 Å². The molecule has 1 aromatic heterocycles. The predicted molar refractivity (Wildman–Crippen MR) is 263 cm³/mol. The van der Waals surface area contributed by atoms with Crippen LogP contribution in [-0.2, 0) is 49.7 Å². The summed E-state index contributed by atoms with van der Waals surface area (Å²) < 4.78 is 31.3. The molecule has 0 spiro atoms. The lowest BCUT2D eigenvalue weighted by atomic mass is 9.82. The van der Waals surface area contributed by atoms with Gasteiger partial charge in [-0.2, -0.15) is 0 Å². The van der Waals surface area contributed by atoms with Crippen LogP contribution < -0.4 is 32.3 Å². The van der Waals surface area contributed by atoms with Crippen molar-refractivity contribution in [3.05, 3.63) is 95.8 Å². The van der Waals surface area contributed by atoms with Gasteiger partial charge in [0.25, 0.3) is 11.8 Å². The second kappa shape index (κ2) is 26.9. The van der Waals surface area contributed by atoms with Crippen molar-refractivity contribution in [2.45, 2.75) is 110 Å². The maximum atomic E-state index is 15.1. The Morgan fingerprint density at radius 3 is 2.08 bits per heavy atom. The van der Waals surface area contributed by atoms with Crippen LogP contribution >= 0.6 is 0 Å². The fraction of sp³-hybridized carbons (Fsp3) is 0.471. The lowest BCUT2D eigenvalue weighted by Gasteiger charge is -2.41. The Kier molecular flexibility index (Phi) is 21.5. The lowest BCUT2D eigenvalue weighted by Crippen LogP contribution is -2.57. The number of aliphatic hydroxyl groups excluding tert-OH is 1. The summed E-state index contributed by atoms with van der Waals surface area (Å²) >= 11 is 0. The molecule has 5 unspecified atom stereocenters. The molecule has 4 rings (SSSR count). The van der Waals surface area contributed by atoms with E-state index in [1.54, 1.807) is 26.1 Å². The monoisotopic (exact) mass is 1020 g/mol. The van der Waals surface area contributed by atoms with Gasteiger partial charge in [0.1, 0.15) is 42.9 Å². The molecule has 0 aliphatic carbocycles. The van der Waals surface area contributed by atoms with E-state index in [9.17, 15) is 57.8 Å². The van der Waals surface area contributed by atoms with Gasteiger partial charge < -0.3 is 52.0 Å². The summed E-state index contributed by atoms with van der Waals surface area (Å²) in [6.45, 7) is 9.08. The second-order valence-electron chi connectivity index (χ2n) is 19.2. The van der Waals surface area contributed by atoms with Crippen LogP contribution in [0.15, 0.2) is 72.9 Å². The minimum absolute atomic E-state index is 0.0206. The second-order valence-corrected chi connectivity index (χ2v) is 19.2. The molecule has 0 bridgehead atoms. The van der Waals surface area contributed by atoms with E-state index in [1.165, 1.54) is 11.8 Å². The number of halogens is 2. The number of nitrogens with zero attached hydrogens (tertiary/aromatic N) is 3. The van der Waals surface area contributed by atoms with E-state index in [0.717, 1.165) is 35.9 Å². The van der Waals surface area contributed by atoms with Crippen molar-refractivity contribution in [3.8, 4) is 11.1 Å². The van der Waals surface area contributed by atoms with Gasteiger partial charge in [0.15, 0.2) is 0 Å². The summed E-state index contributed by atoms with van der Waals surface area (Å²) in [4.78, 5) is 116. The van der Waals surface area contributed by atoms with Crippen LogP contribution in [0.25, 0.3) is 11.1 Å². The number of benzene rings is 2. The highest BCUT2D eigenvalue weighted by atomic mass is 19.1. The zero-order valence-corrected chi connectivity index (χ0v) is 41.9. The zero-order valence-electron chi connectivity index (χ0n) is 41.9. The smallest absolute Gasteiger partial charge is 0.326 e. The Morgan fingerprint density at radius 2 is 1.47 bits per heavy atom. The first-order valence-electron chi connectivity index (χ1n) is 24.0. The summed E-state index contributed by atoms with van der Waals surface area (Å²) in [5.74, 6) is -8.43. The molecule has 1 aliphatic rings. The van der Waals surface area contributed by atoms with Gasteiger partial charge in [-0.15, -0.1) is 0 Å². The van der Waals surface area contributed by atoms with Crippen molar-refractivity contribution in [1.82, 2.24) is 41.0 Å². The summed E-state index contributed by atoms with van der Waals surface area (Å²) in [5.41, 5.74) is 7.45. The maximum Gasteiger partial charge on any atom is 0.326 e. The van der Waals surface area contributed by atoms with Crippen LogP contribution in [0, 0.1) is 23.0 Å². The Balaban J connectivity index is 1.25. The number of unbranched alkanes of at least 4 members (excludes halogenated alkanes) is 1. The van der Waals surface area contributed by atoms with Gasteiger partial charge in [0, 0.05) is 67.8 Å². The van der Waals surface area contributed by atoms with Gasteiger partial charge >= 0.3 is 5.97 Å². The zero-order chi connectivity index (χ0) is 54.2. The van der Waals surface area contributed by atoms with Crippen LogP contribution in [0.3, 0.4) is 0 Å². The minimum atomic E-state index is -1.34. The Bertz CT molecular complexity index is 2490. The number of hydrogen-bond donors (Lipinski definition) is 8. The van der Waals surface area contributed by atoms with Crippen molar-refractivity contribution in [2.75, 3.05) is 32.8 Å². The van der Waals surface area contributed by atoms with E-state index >= 15 is 4.39 Å². The Labute approximate surface area is 422 Å².